The van der Waals surface area contributed by atoms with Gasteiger partial charge in [0.2, 0.25) is 15.9 Å². The van der Waals surface area contributed by atoms with Crippen molar-refractivity contribution in [1.82, 2.24) is 9.62 Å². The molecule has 0 saturated heterocycles. The third-order valence-electron chi connectivity index (χ3n) is 3.09. The lowest BCUT2D eigenvalue weighted by Gasteiger charge is -2.26. The van der Waals surface area contributed by atoms with Crippen molar-refractivity contribution in [2.24, 2.45) is 0 Å². The molecule has 0 aliphatic carbocycles. The molecule has 1 N–H and O–H groups in total. The molecule has 1 atom stereocenters. The minimum Gasteiger partial charge on any atom is -0.339 e. The first kappa shape index (κ1) is 18.2. The number of carbonyl (C=O) groups excluding carboxylic acids is 1. The first-order valence-corrected chi connectivity index (χ1v) is 8.92. The zero-order valence-corrected chi connectivity index (χ0v) is 14.4. The molecule has 1 aromatic rings. The summed E-state index contributed by atoms with van der Waals surface area (Å²) in [5.74, 6) is -0.176. The van der Waals surface area contributed by atoms with Crippen molar-refractivity contribution < 1.29 is 13.2 Å². The fourth-order valence-corrected chi connectivity index (χ4v) is 2.82. The van der Waals surface area contributed by atoms with Gasteiger partial charge in [0.05, 0.1) is 12.3 Å². The van der Waals surface area contributed by atoms with Crippen molar-refractivity contribution in [3.8, 4) is 0 Å². The van der Waals surface area contributed by atoms with Gasteiger partial charge in [-0.05, 0) is 24.6 Å². The van der Waals surface area contributed by atoms with Crippen molar-refractivity contribution in [2.75, 3.05) is 19.8 Å². The molecule has 0 fully saturated rings. The Hall–Kier alpha value is -0.820. The summed E-state index contributed by atoms with van der Waals surface area (Å²) in [5.41, 5.74) is 0.785. The second kappa shape index (κ2) is 7.45. The van der Waals surface area contributed by atoms with Gasteiger partial charge >= 0.3 is 0 Å². The van der Waals surface area contributed by atoms with Crippen LogP contribution in [0, 0.1) is 0 Å². The Bertz CT molecular complexity index is 620. The maximum atomic E-state index is 12.0. The standard InChI is InChI=1S/C13H18Cl2N2O3S/c1-9(11-5-4-10(14)8-12(11)15)17(2)13(18)6-7-16-21(3,19)20/h4-5,8-9,16H,6-7H2,1-3H3/t9-/m1/s1. The normalized spacial score (nSPS) is 13.0. The fraction of sp³-hybridized carbons (Fsp3) is 0.462. The third-order valence-corrected chi connectivity index (χ3v) is 4.38. The highest BCUT2D eigenvalue weighted by molar-refractivity contribution is 7.88. The number of nitrogens with zero attached hydrogens (tertiary/aromatic N) is 1. The third kappa shape index (κ3) is 5.82. The first-order chi connectivity index (χ1) is 9.61. The van der Waals surface area contributed by atoms with Crippen LogP contribution in [0.3, 0.4) is 0 Å². The van der Waals surface area contributed by atoms with Gasteiger partial charge in [-0.1, -0.05) is 29.3 Å². The maximum absolute atomic E-state index is 12.0. The molecule has 21 heavy (non-hydrogen) atoms. The summed E-state index contributed by atoms with van der Waals surface area (Å²) in [4.78, 5) is 13.6. The summed E-state index contributed by atoms with van der Waals surface area (Å²) in [5, 5.41) is 1.02. The van der Waals surface area contributed by atoms with E-state index in [1.165, 1.54) is 4.90 Å². The van der Waals surface area contributed by atoms with Crippen LogP contribution in [0.25, 0.3) is 0 Å². The molecule has 118 valence electrons. The molecule has 1 rings (SSSR count). The van der Waals surface area contributed by atoms with Crippen LogP contribution in [0.15, 0.2) is 18.2 Å². The molecule has 8 heteroatoms. The van der Waals surface area contributed by atoms with Crippen molar-refractivity contribution in [3.63, 3.8) is 0 Å². The van der Waals surface area contributed by atoms with Crippen LogP contribution in [0.2, 0.25) is 10.0 Å². The Morgan fingerprint density at radius 2 is 2.00 bits per heavy atom. The fourth-order valence-electron chi connectivity index (χ4n) is 1.78. The summed E-state index contributed by atoms with van der Waals surface area (Å²) < 4.78 is 24.2. The minimum atomic E-state index is -3.29. The minimum absolute atomic E-state index is 0.0725. The van der Waals surface area contributed by atoms with E-state index in [0.717, 1.165) is 11.8 Å². The lowest BCUT2D eigenvalue weighted by Crippen LogP contribution is -2.33. The number of sulfonamides is 1. The summed E-state index contributed by atoms with van der Waals surface area (Å²) in [6.07, 6.45) is 1.14. The highest BCUT2D eigenvalue weighted by Crippen LogP contribution is 2.29. The van der Waals surface area contributed by atoms with Crippen LogP contribution in [0.5, 0.6) is 0 Å². The van der Waals surface area contributed by atoms with Crippen molar-refractivity contribution in [1.29, 1.82) is 0 Å². The molecule has 1 aromatic carbocycles. The maximum Gasteiger partial charge on any atom is 0.224 e. The average Bonchev–Trinajstić information content (AvgIpc) is 2.35. The topological polar surface area (TPSA) is 66.5 Å². The second-order valence-corrected chi connectivity index (χ2v) is 7.44. The van der Waals surface area contributed by atoms with Crippen molar-refractivity contribution >= 4 is 39.1 Å². The molecular formula is C13H18Cl2N2O3S. The van der Waals surface area contributed by atoms with E-state index >= 15 is 0 Å². The van der Waals surface area contributed by atoms with Gasteiger partial charge in [0.1, 0.15) is 0 Å². The molecule has 0 spiro atoms. The van der Waals surface area contributed by atoms with E-state index in [0.29, 0.717) is 10.0 Å². The highest BCUT2D eigenvalue weighted by atomic mass is 35.5. The predicted molar refractivity (Wildman–Crippen MR) is 85.1 cm³/mol. The van der Waals surface area contributed by atoms with Crippen LogP contribution in [0.4, 0.5) is 0 Å². The van der Waals surface area contributed by atoms with E-state index < -0.39 is 10.0 Å². The van der Waals surface area contributed by atoms with Crippen molar-refractivity contribution in [3.05, 3.63) is 33.8 Å². The molecule has 1 amide bonds. The Kier molecular flexibility index (Phi) is 6.46. The SMILES string of the molecule is C[C@H](c1ccc(Cl)cc1Cl)N(C)C(=O)CCNS(C)(=O)=O. The first-order valence-electron chi connectivity index (χ1n) is 6.27. The number of rotatable bonds is 6. The molecular weight excluding hydrogens is 335 g/mol. The predicted octanol–water partition coefficient (Wildman–Crippen LogP) is 2.45. The zero-order valence-electron chi connectivity index (χ0n) is 12.1. The van der Waals surface area contributed by atoms with Crippen LogP contribution in [-0.2, 0) is 14.8 Å². The summed E-state index contributed by atoms with van der Waals surface area (Å²) in [7, 11) is -1.63. The monoisotopic (exact) mass is 352 g/mol. The van der Waals surface area contributed by atoms with Gasteiger partial charge in [0.15, 0.2) is 0 Å². The van der Waals surface area contributed by atoms with E-state index in [2.05, 4.69) is 4.72 Å². The van der Waals surface area contributed by atoms with Gasteiger partial charge in [0, 0.05) is 30.1 Å². The zero-order chi connectivity index (χ0) is 16.2. The quantitative estimate of drug-likeness (QED) is 0.854. The number of carbonyl (C=O) groups is 1. The average molecular weight is 353 g/mol. The van der Waals surface area contributed by atoms with Crippen LogP contribution in [-0.4, -0.2) is 39.1 Å². The Balaban J connectivity index is 2.69. The Labute approximate surface area is 135 Å². The molecule has 0 aromatic heterocycles. The van der Waals surface area contributed by atoms with Gasteiger partial charge in [0.25, 0.3) is 0 Å². The lowest BCUT2D eigenvalue weighted by molar-refractivity contribution is -0.131. The summed E-state index contributed by atoms with van der Waals surface area (Å²) >= 11 is 12.0. The molecule has 0 heterocycles. The van der Waals surface area contributed by atoms with Crippen LogP contribution >= 0.6 is 23.2 Å². The van der Waals surface area contributed by atoms with Gasteiger partial charge in [-0.15, -0.1) is 0 Å². The van der Waals surface area contributed by atoms with Gasteiger partial charge in [-0.2, -0.15) is 0 Å². The highest BCUT2D eigenvalue weighted by Gasteiger charge is 2.19. The summed E-state index contributed by atoms with van der Waals surface area (Å²) in [6.45, 7) is 1.92. The molecule has 0 aliphatic rings. The number of benzene rings is 1. The largest absolute Gasteiger partial charge is 0.339 e. The van der Waals surface area contributed by atoms with Crippen molar-refractivity contribution in [2.45, 2.75) is 19.4 Å². The van der Waals surface area contributed by atoms with Gasteiger partial charge < -0.3 is 4.90 Å². The van der Waals surface area contributed by atoms with Crippen LogP contribution < -0.4 is 4.72 Å². The van der Waals surface area contributed by atoms with E-state index in [4.69, 9.17) is 23.2 Å². The molecule has 0 radical (unpaired) electrons. The van der Waals surface area contributed by atoms with E-state index in [9.17, 15) is 13.2 Å². The molecule has 0 unspecified atom stereocenters. The number of nitrogens with one attached hydrogen (secondary N) is 1. The Morgan fingerprint density at radius 3 is 2.52 bits per heavy atom. The smallest absolute Gasteiger partial charge is 0.224 e. The van der Waals surface area contributed by atoms with E-state index in [1.807, 2.05) is 6.92 Å². The second-order valence-electron chi connectivity index (χ2n) is 4.76. The summed E-state index contributed by atoms with van der Waals surface area (Å²) in [6, 6.07) is 4.87. The van der Waals surface area contributed by atoms with Gasteiger partial charge in [-0.25, -0.2) is 13.1 Å². The number of amides is 1. The van der Waals surface area contributed by atoms with E-state index in [1.54, 1.807) is 25.2 Å². The number of hydrogen-bond donors (Lipinski definition) is 1. The number of hydrogen-bond acceptors (Lipinski definition) is 3. The molecule has 0 saturated carbocycles. The van der Waals surface area contributed by atoms with Gasteiger partial charge in [-0.3, -0.25) is 4.79 Å². The van der Waals surface area contributed by atoms with E-state index in [-0.39, 0.29) is 24.9 Å². The number of halogens is 2. The molecule has 5 nitrogen and oxygen atoms in total. The lowest BCUT2D eigenvalue weighted by atomic mass is 10.1. The molecule has 0 aliphatic heterocycles. The Morgan fingerprint density at radius 1 is 1.38 bits per heavy atom. The molecule has 0 bridgehead atoms. The van der Waals surface area contributed by atoms with Crippen LogP contribution in [0.1, 0.15) is 24.9 Å².